The number of carbonyl (C=O) groups excluding carboxylic acids is 2. The van der Waals surface area contributed by atoms with Crippen LogP contribution in [0.15, 0.2) is 48.5 Å². The number of halogens is 1. The van der Waals surface area contributed by atoms with E-state index in [0.29, 0.717) is 12.8 Å². The van der Waals surface area contributed by atoms with Crippen LogP contribution in [-0.2, 0) is 22.4 Å². The van der Waals surface area contributed by atoms with E-state index in [1.54, 1.807) is 30.5 Å². The second-order valence-corrected chi connectivity index (χ2v) is 7.26. The number of nitrogens with zero attached hydrogens (tertiary/aromatic N) is 1. The molecule has 1 aliphatic carbocycles. The maximum Gasteiger partial charge on any atom is 0.418 e. The third-order valence-corrected chi connectivity index (χ3v) is 5.68. The number of para-hydroxylation sites is 1. The first-order chi connectivity index (χ1) is 13.5. The maximum atomic E-state index is 13.4. The van der Waals surface area contributed by atoms with Crippen LogP contribution in [0.1, 0.15) is 36.6 Å². The average molecular weight is 379 g/mol. The van der Waals surface area contributed by atoms with Crippen LogP contribution in [0.4, 0.5) is 9.18 Å². The average Bonchev–Trinajstić information content (AvgIpc) is 3.01. The Hall–Kier alpha value is -2.95. The Balaban J connectivity index is 1.89. The number of hydrogen-bond donors (Lipinski definition) is 0. The van der Waals surface area contributed by atoms with E-state index in [2.05, 4.69) is 0 Å². The molecule has 0 unspecified atom stereocenters. The zero-order valence-electron chi connectivity index (χ0n) is 15.9. The second kappa shape index (κ2) is 7.23. The molecule has 0 spiro atoms. The molecule has 0 N–H and O–H groups in total. The van der Waals surface area contributed by atoms with Crippen LogP contribution in [0, 0.1) is 11.7 Å². The van der Waals surface area contributed by atoms with Gasteiger partial charge in [0.25, 0.3) is 0 Å². The fourth-order valence-electron chi connectivity index (χ4n) is 4.40. The number of fused-ring (bicyclic) bond motifs is 3. The molecule has 5 heteroatoms. The van der Waals surface area contributed by atoms with Crippen molar-refractivity contribution >= 4 is 22.8 Å². The molecular weight excluding hydrogens is 357 g/mol. The molecule has 0 saturated carbocycles. The topological polar surface area (TPSA) is 48.3 Å². The lowest BCUT2D eigenvalue weighted by Gasteiger charge is -2.31. The summed E-state index contributed by atoms with van der Waals surface area (Å²) in [5, 5.41) is 0.981. The molecule has 0 saturated heterocycles. The van der Waals surface area contributed by atoms with Crippen LogP contribution in [0.25, 0.3) is 10.9 Å². The largest absolute Gasteiger partial charge is 0.449 e. The number of benzene rings is 2. The molecule has 0 amide bonds. The zero-order chi connectivity index (χ0) is 19.8. The summed E-state index contributed by atoms with van der Waals surface area (Å²) in [7, 11) is 0. The van der Waals surface area contributed by atoms with Crippen LogP contribution in [0.5, 0.6) is 0 Å². The third-order valence-electron chi connectivity index (χ3n) is 5.68. The van der Waals surface area contributed by atoms with Crippen molar-refractivity contribution in [1.29, 1.82) is 0 Å². The number of carbonyl (C=O) groups is 2. The van der Waals surface area contributed by atoms with Gasteiger partial charge in [-0.15, -0.1) is 0 Å². The molecule has 28 heavy (non-hydrogen) atoms. The number of hydrogen-bond acceptors (Lipinski definition) is 3. The highest BCUT2D eigenvalue weighted by Crippen LogP contribution is 2.42. The van der Waals surface area contributed by atoms with Gasteiger partial charge in [0.2, 0.25) is 0 Å². The van der Waals surface area contributed by atoms with Gasteiger partial charge in [-0.1, -0.05) is 30.3 Å². The summed E-state index contributed by atoms with van der Waals surface area (Å²) in [4.78, 5) is 25.2. The van der Waals surface area contributed by atoms with E-state index < -0.39 is 6.09 Å². The molecule has 0 fully saturated rings. The molecule has 0 radical (unpaired) electrons. The van der Waals surface area contributed by atoms with Crippen LogP contribution < -0.4 is 0 Å². The van der Waals surface area contributed by atoms with E-state index in [9.17, 15) is 14.0 Å². The van der Waals surface area contributed by atoms with E-state index in [1.807, 2.05) is 24.3 Å². The highest BCUT2D eigenvalue weighted by atomic mass is 19.1. The van der Waals surface area contributed by atoms with Gasteiger partial charge in [-0.3, -0.25) is 4.79 Å². The fourth-order valence-corrected chi connectivity index (χ4v) is 4.40. The van der Waals surface area contributed by atoms with Gasteiger partial charge in [0.1, 0.15) is 11.6 Å². The first-order valence-electron chi connectivity index (χ1n) is 9.55. The Morgan fingerprint density at radius 2 is 1.82 bits per heavy atom. The van der Waals surface area contributed by atoms with Crippen LogP contribution in [0.3, 0.4) is 0 Å². The molecule has 1 aliphatic rings. The second-order valence-electron chi connectivity index (χ2n) is 7.26. The van der Waals surface area contributed by atoms with E-state index in [-0.39, 0.29) is 30.0 Å². The standard InChI is InChI=1S/C23H22FNO3/c1-3-28-23(27)25-21-7-5-4-6-17(21)20-12-18(14(2)26)19(13-22(20)25)15-8-10-16(24)11-9-15/h4-11,18-19H,3,12-13H2,1-2H3/t18-,19-/m0/s1. The van der Waals surface area contributed by atoms with Crippen molar-refractivity contribution in [1.82, 2.24) is 4.57 Å². The van der Waals surface area contributed by atoms with Gasteiger partial charge in [0, 0.05) is 17.0 Å². The van der Waals surface area contributed by atoms with Crippen molar-refractivity contribution in [2.24, 2.45) is 5.92 Å². The highest BCUT2D eigenvalue weighted by molar-refractivity contribution is 5.95. The molecular formula is C23H22FNO3. The smallest absolute Gasteiger partial charge is 0.418 e. The van der Waals surface area contributed by atoms with Crippen molar-refractivity contribution < 1.29 is 18.7 Å². The fraction of sp³-hybridized carbons (Fsp3) is 0.304. The van der Waals surface area contributed by atoms with Crippen molar-refractivity contribution in [3.8, 4) is 0 Å². The maximum absolute atomic E-state index is 13.4. The minimum absolute atomic E-state index is 0.105. The van der Waals surface area contributed by atoms with Crippen molar-refractivity contribution in [3.05, 3.63) is 71.2 Å². The summed E-state index contributed by atoms with van der Waals surface area (Å²) in [6, 6.07) is 14.0. The Kier molecular flexibility index (Phi) is 4.75. The van der Waals surface area contributed by atoms with Gasteiger partial charge in [-0.2, -0.15) is 0 Å². The molecule has 1 aromatic heterocycles. The summed E-state index contributed by atoms with van der Waals surface area (Å²) < 4.78 is 20.3. The molecule has 144 valence electrons. The molecule has 2 atom stereocenters. The molecule has 0 aliphatic heterocycles. The number of rotatable bonds is 3. The number of ketones is 1. The van der Waals surface area contributed by atoms with Crippen LogP contribution in [-0.4, -0.2) is 23.1 Å². The molecule has 4 rings (SSSR count). The molecule has 2 aromatic carbocycles. The lowest BCUT2D eigenvalue weighted by Crippen LogP contribution is -2.30. The SMILES string of the molecule is CCOC(=O)n1c2c(c3ccccc31)C[C@@H](C(C)=O)[C@H](c1ccc(F)cc1)C2. The van der Waals surface area contributed by atoms with E-state index >= 15 is 0 Å². The predicted molar refractivity (Wildman–Crippen MR) is 105 cm³/mol. The zero-order valence-corrected chi connectivity index (χ0v) is 15.9. The Labute approximate surface area is 162 Å². The molecule has 0 bridgehead atoms. The normalized spacial score (nSPS) is 18.7. The molecule has 4 nitrogen and oxygen atoms in total. The number of aromatic nitrogens is 1. The third kappa shape index (κ3) is 3.01. The minimum atomic E-state index is -0.404. The number of Topliss-reactive ketones (excluding diaryl/α,β-unsaturated/α-hetero) is 1. The monoisotopic (exact) mass is 379 g/mol. The van der Waals surface area contributed by atoms with Crippen molar-refractivity contribution in [2.75, 3.05) is 6.61 Å². The lowest BCUT2D eigenvalue weighted by molar-refractivity contribution is -0.121. The molecule has 3 aromatic rings. The summed E-state index contributed by atoms with van der Waals surface area (Å²) >= 11 is 0. The summed E-state index contributed by atoms with van der Waals surface area (Å²) in [6.07, 6.45) is 0.678. The van der Waals surface area contributed by atoms with Crippen LogP contribution in [0.2, 0.25) is 0 Å². The van der Waals surface area contributed by atoms with Crippen molar-refractivity contribution in [3.63, 3.8) is 0 Å². The van der Waals surface area contributed by atoms with Gasteiger partial charge in [-0.25, -0.2) is 13.8 Å². The quantitative estimate of drug-likeness (QED) is 0.652. The predicted octanol–water partition coefficient (Wildman–Crippen LogP) is 4.87. The number of ether oxygens (including phenoxy) is 1. The first-order valence-corrected chi connectivity index (χ1v) is 9.55. The van der Waals surface area contributed by atoms with Crippen LogP contribution >= 0.6 is 0 Å². The summed E-state index contributed by atoms with van der Waals surface area (Å²) in [5.74, 6) is -0.518. The van der Waals surface area contributed by atoms with Gasteiger partial charge >= 0.3 is 6.09 Å². The highest BCUT2D eigenvalue weighted by Gasteiger charge is 2.37. The lowest BCUT2D eigenvalue weighted by atomic mass is 9.72. The summed E-state index contributed by atoms with van der Waals surface area (Å²) in [6.45, 7) is 3.68. The van der Waals surface area contributed by atoms with E-state index in [1.165, 1.54) is 12.1 Å². The van der Waals surface area contributed by atoms with Gasteiger partial charge in [0.05, 0.1) is 12.1 Å². The minimum Gasteiger partial charge on any atom is -0.449 e. The molecule has 1 heterocycles. The van der Waals surface area contributed by atoms with Gasteiger partial charge < -0.3 is 4.74 Å². The first kappa shape index (κ1) is 18.4. The van der Waals surface area contributed by atoms with Gasteiger partial charge in [0.15, 0.2) is 0 Å². The van der Waals surface area contributed by atoms with E-state index in [0.717, 1.165) is 27.7 Å². The Morgan fingerprint density at radius 3 is 2.50 bits per heavy atom. The van der Waals surface area contributed by atoms with Gasteiger partial charge in [-0.05, 0) is 61.9 Å². The Morgan fingerprint density at radius 1 is 1.11 bits per heavy atom. The van der Waals surface area contributed by atoms with Crippen molar-refractivity contribution in [2.45, 2.75) is 32.6 Å². The Bertz CT molecular complexity index is 1050. The summed E-state index contributed by atoms with van der Waals surface area (Å²) in [5.41, 5.74) is 3.62. The van der Waals surface area contributed by atoms with E-state index in [4.69, 9.17) is 4.74 Å².